The lowest BCUT2D eigenvalue weighted by Gasteiger charge is -2.38. The zero-order chi connectivity index (χ0) is 28.3. The van der Waals surface area contributed by atoms with E-state index < -0.39 is 16.3 Å². The largest absolute Gasteiger partial charge is 0.399 e. The molecule has 0 heterocycles. The predicted molar refractivity (Wildman–Crippen MR) is 181 cm³/mol. The summed E-state index contributed by atoms with van der Waals surface area (Å²) < 4.78 is 2.78. The van der Waals surface area contributed by atoms with Crippen LogP contribution in [0.4, 0.5) is 5.69 Å². The van der Waals surface area contributed by atoms with Crippen LogP contribution in [0.3, 0.4) is 0 Å². The van der Waals surface area contributed by atoms with Crippen molar-refractivity contribution < 1.29 is 0 Å². The Bertz CT molecular complexity index is 1140. The number of hydrogen-bond donors (Lipinski definition) is 0. The SMILES string of the molecule is CCCCCCCCN(/C=C(/C[Si](C)(C)c1ccccc1)c1ccc(N(C)C)cc1)[Si](C)(C)c1ccccc1. The minimum Gasteiger partial charge on any atom is -0.399 e. The fraction of sp³-hybridized carbons (Fsp3) is 0.429. The first-order valence-corrected chi connectivity index (χ1v) is 21.2. The van der Waals surface area contributed by atoms with Gasteiger partial charge in [-0.25, -0.2) is 0 Å². The average molecular weight is 557 g/mol. The number of rotatable bonds is 15. The van der Waals surface area contributed by atoms with Crippen LogP contribution in [0.2, 0.25) is 32.2 Å². The van der Waals surface area contributed by atoms with E-state index in [0.29, 0.717) is 0 Å². The first-order valence-electron chi connectivity index (χ1n) is 15.0. The Balaban J connectivity index is 2.02. The summed E-state index contributed by atoms with van der Waals surface area (Å²) in [5.41, 5.74) is 4.10. The maximum Gasteiger partial charge on any atom is 0.181 e. The average Bonchev–Trinajstić information content (AvgIpc) is 2.94. The van der Waals surface area contributed by atoms with Crippen molar-refractivity contribution in [2.45, 2.75) is 77.7 Å². The first kappa shape index (κ1) is 31.0. The molecule has 39 heavy (non-hydrogen) atoms. The Labute approximate surface area is 241 Å². The van der Waals surface area contributed by atoms with Crippen LogP contribution < -0.4 is 15.3 Å². The monoisotopic (exact) mass is 556 g/mol. The third-order valence-corrected chi connectivity index (χ3v) is 14.9. The molecule has 2 nitrogen and oxygen atoms in total. The number of nitrogens with zero attached hydrogens (tertiary/aromatic N) is 2. The van der Waals surface area contributed by atoms with Crippen LogP contribution in [0.15, 0.2) is 91.1 Å². The fourth-order valence-electron chi connectivity index (χ4n) is 5.43. The molecule has 0 N–H and O–H groups in total. The first-order chi connectivity index (χ1) is 18.6. The molecule has 0 aliphatic carbocycles. The van der Waals surface area contributed by atoms with Crippen LogP contribution in [0.5, 0.6) is 0 Å². The Morgan fingerprint density at radius 1 is 0.667 bits per heavy atom. The predicted octanol–water partition coefficient (Wildman–Crippen LogP) is 8.48. The molecule has 0 amide bonds. The summed E-state index contributed by atoms with van der Waals surface area (Å²) in [5.74, 6) is 0. The van der Waals surface area contributed by atoms with E-state index in [9.17, 15) is 0 Å². The Hall–Kier alpha value is -2.57. The minimum absolute atomic E-state index is 1.13. The number of allylic oxidation sites excluding steroid dienone is 1. The lowest BCUT2D eigenvalue weighted by atomic mass is 10.1. The van der Waals surface area contributed by atoms with Gasteiger partial charge < -0.3 is 9.47 Å². The summed E-state index contributed by atoms with van der Waals surface area (Å²) in [6.45, 7) is 13.6. The van der Waals surface area contributed by atoms with Gasteiger partial charge in [0.05, 0.1) is 8.07 Å². The molecule has 3 aromatic carbocycles. The van der Waals surface area contributed by atoms with Crippen molar-refractivity contribution in [2.24, 2.45) is 0 Å². The molecule has 4 heteroatoms. The van der Waals surface area contributed by atoms with Crippen molar-refractivity contribution in [1.29, 1.82) is 0 Å². The molecule has 0 saturated heterocycles. The maximum absolute atomic E-state index is 2.78. The molecule has 0 aliphatic heterocycles. The van der Waals surface area contributed by atoms with E-state index in [1.54, 1.807) is 0 Å². The highest BCUT2D eigenvalue weighted by molar-refractivity contribution is 6.91. The van der Waals surface area contributed by atoms with E-state index in [4.69, 9.17) is 0 Å². The minimum atomic E-state index is -1.90. The van der Waals surface area contributed by atoms with Crippen LogP contribution >= 0.6 is 0 Å². The third-order valence-electron chi connectivity index (χ3n) is 8.20. The molecule has 0 aliphatic rings. The van der Waals surface area contributed by atoms with Gasteiger partial charge in [0.15, 0.2) is 8.24 Å². The third kappa shape index (κ3) is 8.97. The summed E-state index contributed by atoms with van der Waals surface area (Å²) >= 11 is 0. The smallest absolute Gasteiger partial charge is 0.181 e. The van der Waals surface area contributed by atoms with Crippen LogP contribution in [0, 0.1) is 0 Å². The van der Waals surface area contributed by atoms with E-state index in [1.165, 1.54) is 65.7 Å². The molecular weight excluding hydrogens is 505 g/mol. The normalized spacial score (nSPS) is 12.4. The second-order valence-corrected chi connectivity index (χ2v) is 21.4. The number of hydrogen-bond acceptors (Lipinski definition) is 2. The van der Waals surface area contributed by atoms with Gasteiger partial charge in [0, 0.05) is 26.3 Å². The van der Waals surface area contributed by atoms with Gasteiger partial charge >= 0.3 is 0 Å². The lowest BCUT2D eigenvalue weighted by Crippen LogP contribution is -2.56. The quantitative estimate of drug-likeness (QED) is 0.137. The molecule has 210 valence electrons. The molecule has 0 bridgehead atoms. The Kier molecular flexibility index (Phi) is 11.7. The van der Waals surface area contributed by atoms with Crippen molar-refractivity contribution >= 4 is 37.9 Å². The zero-order valence-corrected chi connectivity index (χ0v) is 27.7. The molecule has 0 unspecified atom stereocenters. The second kappa shape index (κ2) is 14.7. The lowest BCUT2D eigenvalue weighted by molar-refractivity contribution is 0.506. The van der Waals surface area contributed by atoms with E-state index in [-0.39, 0.29) is 0 Å². The number of benzene rings is 3. The second-order valence-electron chi connectivity index (χ2n) is 12.4. The standard InChI is InChI=1S/C35H52N2Si2/c1-8-9-10-11-12-19-28-37(39(6,7)35-22-17-14-18-23-35)29-32(31-24-26-33(27-25-31)36(2)3)30-38(4,5)34-20-15-13-16-21-34/h13-18,20-27,29H,8-12,19,28,30H2,1-7H3/b32-29-. The number of unbranched alkanes of at least 4 members (excludes halogenated alkanes) is 5. The topological polar surface area (TPSA) is 6.48 Å². The summed E-state index contributed by atoms with van der Waals surface area (Å²) in [5, 5.41) is 3.04. The van der Waals surface area contributed by atoms with E-state index in [1.807, 2.05) is 0 Å². The summed E-state index contributed by atoms with van der Waals surface area (Å²) in [7, 11) is 0.629. The van der Waals surface area contributed by atoms with Crippen LogP contribution in [0.1, 0.15) is 51.0 Å². The molecule has 0 aromatic heterocycles. The summed E-state index contributed by atoms with van der Waals surface area (Å²) in [4.78, 5) is 2.19. The highest BCUT2D eigenvalue weighted by Gasteiger charge is 2.31. The van der Waals surface area contributed by atoms with E-state index in [0.717, 1.165) is 12.6 Å². The van der Waals surface area contributed by atoms with Crippen molar-refractivity contribution in [2.75, 3.05) is 25.5 Å². The summed E-state index contributed by atoms with van der Waals surface area (Å²) in [6.07, 6.45) is 10.6. The van der Waals surface area contributed by atoms with Gasteiger partial charge in [-0.15, -0.1) is 0 Å². The van der Waals surface area contributed by atoms with E-state index >= 15 is 0 Å². The fourth-order valence-corrected chi connectivity index (χ4v) is 10.5. The van der Waals surface area contributed by atoms with Crippen molar-refractivity contribution in [3.63, 3.8) is 0 Å². The Morgan fingerprint density at radius 3 is 1.77 bits per heavy atom. The highest BCUT2D eigenvalue weighted by Crippen LogP contribution is 2.29. The van der Waals surface area contributed by atoms with Gasteiger partial charge in [0.2, 0.25) is 0 Å². The molecule has 0 fully saturated rings. The van der Waals surface area contributed by atoms with Gasteiger partial charge in [-0.1, -0.05) is 130 Å². The van der Waals surface area contributed by atoms with Crippen molar-refractivity contribution in [3.05, 3.63) is 96.7 Å². The highest BCUT2D eigenvalue weighted by atomic mass is 28.3. The van der Waals surface area contributed by atoms with Crippen molar-refractivity contribution in [1.82, 2.24) is 4.57 Å². The molecule has 3 aromatic rings. The zero-order valence-electron chi connectivity index (χ0n) is 25.7. The van der Waals surface area contributed by atoms with E-state index in [2.05, 4.69) is 148 Å². The van der Waals surface area contributed by atoms with Crippen molar-refractivity contribution in [3.8, 4) is 0 Å². The van der Waals surface area contributed by atoms with Crippen LogP contribution in [-0.2, 0) is 0 Å². The van der Waals surface area contributed by atoms with Gasteiger partial charge in [0.25, 0.3) is 0 Å². The maximum atomic E-state index is 2.78. The molecule has 0 spiro atoms. The molecule has 3 rings (SSSR count). The molecular formula is C35H52N2Si2. The van der Waals surface area contributed by atoms with Gasteiger partial charge in [-0.2, -0.15) is 0 Å². The van der Waals surface area contributed by atoms with Crippen LogP contribution in [-0.4, -0.2) is 41.5 Å². The number of anilines is 1. The summed E-state index contributed by atoms with van der Waals surface area (Å²) in [6, 6.07) is 32.9. The molecule has 0 saturated carbocycles. The van der Waals surface area contributed by atoms with Crippen LogP contribution in [0.25, 0.3) is 5.57 Å². The molecule has 0 atom stereocenters. The van der Waals surface area contributed by atoms with Gasteiger partial charge in [-0.3, -0.25) is 0 Å². The van der Waals surface area contributed by atoms with Gasteiger partial charge in [-0.05, 0) is 60.2 Å². The van der Waals surface area contributed by atoms with Gasteiger partial charge in [0.1, 0.15) is 0 Å². The Morgan fingerprint density at radius 2 is 1.21 bits per heavy atom. The molecule has 0 radical (unpaired) electrons.